The van der Waals surface area contributed by atoms with Gasteiger partial charge >= 0.3 is 6.03 Å². The van der Waals surface area contributed by atoms with Crippen LogP contribution in [0.15, 0.2) is 36.5 Å². The third-order valence-electron chi connectivity index (χ3n) is 4.43. The molecule has 3 amide bonds. The van der Waals surface area contributed by atoms with Crippen LogP contribution >= 0.6 is 0 Å². The van der Waals surface area contributed by atoms with Gasteiger partial charge in [0.05, 0.1) is 0 Å². The molecule has 0 saturated carbocycles. The number of hydrogen-bond donors (Lipinski definition) is 3. The molecule has 0 radical (unpaired) electrons. The second-order valence-corrected chi connectivity index (χ2v) is 7.52. The SMILES string of the molecule is CC(C)(C)c1ccc(NC(=O)Nc2ccc3c(c2)CNC(=O)CC3)nc1. The van der Waals surface area contributed by atoms with Gasteiger partial charge in [0.25, 0.3) is 0 Å². The van der Waals surface area contributed by atoms with Crippen molar-refractivity contribution in [3.8, 4) is 0 Å². The number of anilines is 2. The molecule has 26 heavy (non-hydrogen) atoms. The Bertz CT molecular complexity index is 823. The summed E-state index contributed by atoms with van der Waals surface area (Å²) in [6.45, 7) is 6.83. The van der Waals surface area contributed by atoms with Gasteiger partial charge in [0, 0.05) is 24.8 Å². The minimum Gasteiger partial charge on any atom is -0.352 e. The quantitative estimate of drug-likeness (QED) is 0.772. The van der Waals surface area contributed by atoms with Gasteiger partial charge < -0.3 is 10.6 Å². The second-order valence-electron chi connectivity index (χ2n) is 7.52. The second kappa shape index (κ2) is 7.15. The lowest BCUT2D eigenvalue weighted by Gasteiger charge is -2.18. The van der Waals surface area contributed by atoms with Crippen LogP contribution < -0.4 is 16.0 Å². The summed E-state index contributed by atoms with van der Waals surface area (Å²) in [6, 6.07) is 9.13. The lowest BCUT2D eigenvalue weighted by Crippen LogP contribution is -2.21. The molecule has 0 fully saturated rings. The van der Waals surface area contributed by atoms with Gasteiger partial charge in [-0.1, -0.05) is 32.9 Å². The molecule has 1 aromatic heterocycles. The fraction of sp³-hybridized carbons (Fsp3) is 0.350. The van der Waals surface area contributed by atoms with Crippen molar-refractivity contribution in [1.82, 2.24) is 10.3 Å². The summed E-state index contributed by atoms with van der Waals surface area (Å²) in [5.74, 6) is 0.552. The number of amides is 3. The number of nitrogens with zero attached hydrogens (tertiary/aromatic N) is 1. The van der Waals surface area contributed by atoms with Crippen molar-refractivity contribution < 1.29 is 9.59 Å². The smallest absolute Gasteiger partial charge is 0.324 e. The number of hydrogen-bond acceptors (Lipinski definition) is 3. The number of carbonyl (C=O) groups is 2. The largest absolute Gasteiger partial charge is 0.352 e. The molecule has 2 aromatic rings. The molecule has 1 aliphatic heterocycles. The van der Waals surface area contributed by atoms with Crippen molar-refractivity contribution in [3.63, 3.8) is 0 Å². The molecule has 2 heterocycles. The average Bonchev–Trinajstić information content (AvgIpc) is 2.76. The highest BCUT2D eigenvalue weighted by Crippen LogP contribution is 2.22. The number of carbonyl (C=O) groups excluding carboxylic acids is 2. The molecule has 1 aliphatic rings. The fourth-order valence-corrected chi connectivity index (χ4v) is 2.83. The Labute approximate surface area is 153 Å². The van der Waals surface area contributed by atoms with Gasteiger partial charge in [-0.15, -0.1) is 0 Å². The van der Waals surface area contributed by atoms with E-state index < -0.39 is 0 Å². The summed E-state index contributed by atoms with van der Waals surface area (Å²) < 4.78 is 0. The van der Waals surface area contributed by atoms with E-state index in [0.717, 1.165) is 23.1 Å². The predicted molar refractivity (Wildman–Crippen MR) is 102 cm³/mol. The first-order chi connectivity index (χ1) is 12.3. The van der Waals surface area contributed by atoms with E-state index in [0.29, 0.717) is 24.5 Å². The molecule has 0 bridgehead atoms. The van der Waals surface area contributed by atoms with E-state index in [-0.39, 0.29) is 17.4 Å². The van der Waals surface area contributed by atoms with Crippen molar-refractivity contribution in [3.05, 3.63) is 53.2 Å². The van der Waals surface area contributed by atoms with Crippen LogP contribution in [0.5, 0.6) is 0 Å². The normalized spacial score (nSPS) is 14.0. The van der Waals surface area contributed by atoms with Crippen LogP contribution in [-0.4, -0.2) is 16.9 Å². The van der Waals surface area contributed by atoms with Crippen LogP contribution in [0.2, 0.25) is 0 Å². The molecular weight excluding hydrogens is 328 g/mol. The summed E-state index contributed by atoms with van der Waals surface area (Å²) in [4.78, 5) is 28.0. The number of aryl methyl sites for hydroxylation is 1. The zero-order valence-electron chi connectivity index (χ0n) is 15.3. The zero-order valence-corrected chi connectivity index (χ0v) is 15.3. The van der Waals surface area contributed by atoms with E-state index >= 15 is 0 Å². The Hall–Kier alpha value is -2.89. The first-order valence-corrected chi connectivity index (χ1v) is 8.74. The van der Waals surface area contributed by atoms with Gasteiger partial charge in [-0.25, -0.2) is 9.78 Å². The van der Waals surface area contributed by atoms with Crippen LogP contribution in [0, 0.1) is 0 Å². The maximum Gasteiger partial charge on any atom is 0.324 e. The van der Waals surface area contributed by atoms with Gasteiger partial charge in [0.1, 0.15) is 5.82 Å². The van der Waals surface area contributed by atoms with Crippen molar-refractivity contribution in [1.29, 1.82) is 0 Å². The lowest BCUT2D eigenvalue weighted by molar-refractivity contribution is -0.121. The number of nitrogens with one attached hydrogen (secondary N) is 3. The summed E-state index contributed by atoms with van der Waals surface area (Å²) in [7, 11) is 0. The molecule has 0 atom stereocenters. The van der Waals surface area contributed by atoms with Crippen LogP contribution in [0.25, 0.3) is 0 Å². The first kappa shape index (κ1) is 17.9. The minimum absolute atomic E-state index is 0.0189. The molecule has 6 nitrogen and oxygen atoms in total. The van der Waals surface area contributed by atoms with Crippen molar-refractivity contribution in [2.45, 2.75) is 45.6 Å². The zero-order chi connectivity index (χ0) is 18.7. The van der Waals surface area contributed by atoms with Crippen molar-refractivity contribution >= 4 is 23.4 Å². The number of urea groups is 1. The molecule has 0 aliphatic carbocycles. The van der Waals surface area contributed by atoms with E-state index in [1.165, 1.54) is 0 Å². The maximum absolute atomic E-state index is 12.2. The highest BCUT2D eigenvalue weighted by molar-refractivity contribution is 5.99. The predicted octanol–water partition coefficient (Wildman–Crippen LogP) is 3.59. The van der Waals surface area contributed by atoms with Crippen LogP contribution in [0.1, 0.15) is 43.9 Å². The van der Waals surface area contributed by atoms with Crippen molar-refractivity contribution in [2.75, 3.05) is 10.6 Å². The molecule has 3 N–H and O–H groups in total. The van der Waals surface area contributed by atoms with E-state index in [4.69, 9.17) is 0 Å². The molecule has 0 spiro atoms. The molecule has 3 rings (SSSR count). The van der Waals surface area contributed by atoms with Gasteiger partial charge in [0.2, 0.25) is 5.91 Å². The molecule has 1 aromatic carbocycles. The Morgan fingerprint density at radius 1 is 1.08 bits per heavy atom. The standard InChI is InChI=1S/C20H24N4O2/c1-20(2,3)15-6-8-17(21-12-15)24-19(26)23-16-7-4-13-5-9-18(25)22-11-14(13)10-16/h4,6-8,10,12H,5,9,11H2,1-3H3,(H,22,25)(H2,21,23,24,26). The van der Waals surface area contributed by atoms with Gasteiger partial charge in [-0.3, -0.25) is 10.1 Å². The monoisotopic (exact) mass is 352 g/mol. The lowest BCUT2D eigenvalue weighted by atomic mass is 9.88. The topological polar surface area (TPSA) is 83.1 Å². The Kier molecular flexibility index (Phi) is 4.93. The highest BCUT2D eigenvalue weighted by atomic mass is 16.2. The number of rotatable bonds is 2. The first-order valence-electron chi connectivity index (χ1n) is 8.74. The maximum atomic E-state index is 12.2. The number of benzene rings is 1. The molecule has 0 saturated heterocycles. The molecule has 6 heteroatoms. The van der Waals surface area contributed by atoms with E-state index in [1.807, 2.05) is 24.3 Å². The van der Waals surface area contributed by atoms with Crippen LogP contribution in [-0.2, 0) is 23.2 Å². The average molecular weight is 352 g/mol. The summed E-state index contributed by atoms with van der Waals surface area (Å²) in [5.41, 5.74) is 3.97. The summed E-state index contributed by atoms with van der Waals surface area (Å²) in [6.07, 6.45) is 2.99. The Morgan fingerprint density at radius 3 is 2.58 bits per heavy atom. The minimum atomic E-state index is -0.349. The van der Waals surface area contributed by atoms with Gasteiger partial charge in [-0.05, 0) is 46.7 Å². The Balaban J connectivity index is 1.64. The number of pyridine rings is 1. The molecule has 136 valence electrons. The van der Waals surface area contributed by atoms with Crippen molar-refractivity contribution in [2.24, 2.45) is 0 Å². The van der Waals surface area contributed by atoms with E-state index in [9.17, 15) is 9.59 Å². The van der Waals surface area contributed by atoms with Crippen LogP contribution in [0.4, 0.5) is 16.3 Å². The van der Waals surface area contributed by atoms with Crippen LogP contribution in [0.3, 0.4) is 0 Å². The summed E-state index contributed by atoms with van der Waals surface area (Å²) in [5, 5.41) is 8.41. The van der Waals surface area contributed by atoms with E-state index in [2.05, 4.69) is 41.7 Å². The third kappa shape index (κ3) is 4.39. The number of fused-ring (bicyclic) bond motifs is 1. The third-order valence-corrected chi connectivity index (χ3v) is 4.43. The fourth-order valence-electron chi connectivity index (χ4n) is 2.83. The summed E-state index contributed by atoms with van der Waals surface area (Å²) >= 11 is 0. The molecular formula is C20H24N4O2. The van der Waals surface area contributed by atoms with Gasteiger partial charge in [0.15, 0.2) is 0 Å². The highest BCUT2D eigenvalue weighted by Gasteiger charge is 2.15. The molecule has 0 unspecified atom stereocenters. The van der Waals surface area contributed by atoms with E-state index in [1.54, 1.807) is 12.3 Å². The Morgan fingerprint density at radius 2 is 1.88 bits per heavy atom. The van der Waals surface area contributed by atoms with Gasteiger partial charge in [-0.2, -0.15) is 0 Å². The number of aromatic nitrogens is 1.